The summed E-state index contributed by atoms with van der Waals surface area (Å²) in [7, 11) is 0. The van der Waals surface area contributed by atoms with Crippen LogP contribution in [0.2, 0.25) is 0 Å². The zero-order chi connectivity index (χ0) is 21.8. The summed E-state index contributed by atoms with van der Waals surface area (Å²) in [5.74, 6) is -0.508. The second-order valence-corrected chi connectivity index (χ2v) is 7.48. The topological polar surface area (TPSA) is 91.4 Å². The van der Waals surface area contributed by atoms with Crippen LogP contribution in [0.1, 0.15) is 22.3 Å². The molecule has 0 aliphatic carbocycles. The molecule has 1 aromatic heterocycles. The average molecular weight is 414 g/mol. The quantitative estimate of drug-likeness (QED) is 0.667. The molecule has 0 spiro atoms. The van der Waals surface area contributed by atoms with E-state index < -0.39 is 5.92 Å². The van der Waals surface area contributed by atoms with Crippen LogP contribution in [0.25, 0.3) is 0 Å². The van der Waals surface area contributed by atoms with Crippen molar-refractivity contribution >= 4 is 34.9 Å². The Kier molecular flexibility index (Phi) is 5.75. The van der Waals surface area contributed by atoms with Crippen LogP contribution in [0.15, 0.2) is 72.9 Å². The van der Waals surface area contributed by atoms with E-state index in [0.29, 0.717) is 23.6 Å². The second-order valence-electron chi connectivity index (χ2n) is 7.48. The number of hydrogen-bond donors (Lipinski definition) is 2. The molecule has 0 bridgehead atoms. The largest absolute Gasteiger partial charge is 0.326 e. The van der Waals surface area contributed by atoms with Crippen molar-refractivity contribution in [3.05, 3.63) is 84.1 Å². The Labute approximate surface area is 180 Å². The molecule has 1 fully saturated rings. The van der Waals surface area contributed by atoms with Crippen molar-refractivity contribution in [1.29, 1.82) is 0 Å². The highest BCUT2D eigenvalue weighted by Gasteiger charge is 2.35. The van der Waals surface area contributed by atoms with Crippen LogP contribution >= 0.6 is 0 Å². The number of amides is 3. The van der Waals surface area contributed by atoms with E-state index in [1.54, 1.807) is 41.4 Å². The van der Waals surface area contributed by atoms with Crippen LogP contribution in [0.3, 0.4) is 0 Å². The van der Waals surface area contributed by atoms with Crippen molar-refractivity contribution in [3.8, 4) is 0 Å². The molecule has 31 heavy (non-hydrogen) atoms. The van der Waals surface area contributed by atoms with Gasteiger partial charge in [-0.3, -0.25) is 14.4 Å². The molecule has 0 radical (unpaired) electrons. The normalized spacial score (nSPS) is 15.6. The molecule has 2 aromatic carbocycles. The molecule has 0 saturated carbocycles. The number of carbonyl (C=O) groups excluding carboxylic acids is 3. The van der Waals surface area contributed by atoms with E-state index in [0.717, 1.165) is 11.3 Å². The molecule has 1 aliphatic heterocycles. The molecule has 1 aliphatic rings. The second kappa shape index (κ2) is 8.79. The lowest BCUT2D eigenvalue weighted by Crippen LogP contribution is -2.28. The molecular weight excluding hydrogens is 392 g/mol. The van der Waals surface area contributed by atoms with Gasteiger partial charge in [0.15, 0.2) is 0 Å². The highest BCUT2D eigenvalue weighted by Crippen LogP contribution is 2.26. The average Bonchev–Trinajstić information content (AvgIpc) is 3.17. The minimum Gasteiger partial charge on any atom is -0.326 e. The van der Waals surface area contributed by atoms with Crippen LogP contribution in [-0.4, -0.2) is 29.3 Å². The summed E-state index contributed by atoms with van der Waals surface area (Å²) in [6.07, 6.45) is 1.81. The number of para-hydroxylation sites is 1. The Morgan fingerprint density at radius 3 is 2.45 bits per heavy atom. The highest BCUT2D eigenvalue weighted by atomic mass is 16.2. The zero-order valence-electron chi connectivity index (χ0n) is 17.0. The first-order chi connectivity index (χ1) is 15.0. The number of hydrogen-bond acceptors (Lipinski definition) is 4. The molecule has 1 saturated heterocycles. The fourth-order valence-corrected chi connectivity index (χ4v) is 3.48. The molecular formula is C24H22N4O3. The monoisotopic (exact) mass is 414 g/mol. The first-order valence-electron chi connectivity index (χ1n) is 10.00. The summed E-state index contributed by atoms with van der Waals surface area (Å²) in [6.45, 7) is 2.27. The summed E-state index contributed by atoms with van der Waals surface area (Å²) in [6, 6.07) is 19.6. The van der Waals surface area contributed by atoms with Crippen molar-refractivity contribution in [2.75, 3.05) is 22.1 Å². The van der Waals surface area contributed by atoms with Gasteiger partial charge in [0.25, 0.3) is 5.91 Å². The predicted molar refractivity (Wildman–Crippen MR) is 119 cm³/mol. The third-order valence-corrected chi connectivity index (χ3v) is 5.14. The Hall–Kier alpha value is -4.00. The van der Waals surface area contributed by atoms with Crippen LogP contribution in [0.5, 0.6) is 0 Å². The SMILES string of the molecule is Cc1ccnc(NC(=O)c2ccc(NC(=O)C3CC(=O)N(c4ccccc4)C3)cc2)c1. The Balaban J connectivity index is 1.36. The third kappa shape index (κ3) is 4.78. The number of aromatic nitrogens is 1. The molecule has 2 heterocycles. The lowest BCUT2D eigenvalue weighted by Gasteiger charge is -2.16. The molecule has 1 atom stereocenters. The lowest BCUT2D eigenvalue weighted by molar-refractivity contribution is -0.122. The Morgan fingerprint density at radius 2 is 1.74 bits per heavy atom. The molecule has 7 heteroatoms. The number of carbonyl (C=O) groups is 3. The first kappa shape index (κ1) is 20.3. The summed E-state index contributed by atoms with van der Waals surface area (Å²) in [5, 5.41) is 5.59. The number of pyridine rings is 1. The van der Waals surface area contributed by atoms with Crippen molar-refractivity contribution in [2.45, 2.75) is 13.3 Å². The smallest absolute Gasteiger partial charge is 0.256 e. The van der Waals surface area contributed by atoms with Crippen LogP contribution in [0.4, 0.5) is 17.2 Å². The molecule has 3 aromatic rings. The van der Waals surface area contributed by atoms with Gasteiger partial charge in [-0.1, -0.05) is 18.2 Å². The fraction of sp³-hybridized carbons (Fsp3) is 0.167. The Bertz CT molecular complexity index is 1110. The number of nitrogens with zero attached hydrogens (tertiary/aromatic N) is 2. The van der Waals surface area contributed by atoms with Gasteiger partial charge < -0.3 is 15.5 Å². The molecule has 1 unspecified atom stereocenters. The number of aryl methyl sites for hydroxylation is 1. The highest BCUT2D eigenvalue weighted by molar-refractivity contribution is 6.05. The van der Waals surface area contributed by atoms with E-state index in [9.17, 15) is 14.4 Å². The third-order valence-electron chi connectivity index (χ3n) is 5.14. The first-order valence-corrected chi connectivity index (χ1v) is 10.00. The summed E-state index contributed by atoms with van der Waals surface area (Å²) in [5.41, 5.74) is 2.81. The van der Waals surface area contributed by atoms with E-state index in [1.807, 2.05) is 43.3 Å². The number of nitrogens with one attached hydrogen (secondary N) is 2. The van der Waals surface area contributed by atoms with Gasteiger partial charge in [0.1, 0.15) is 5.82 Å². The van der Waals surface area contributed by atoms with Crippen molar-refractivity contribution < 1.29 is 14.4 Å². The van der Waals surface area contributed by atoms with Gasteiger partial charge in [0, 0.05) is 36.1 Å². The van der Waals surface area contributed by atoms with Gasteiger partial charge in [-0.2, -0.15) is 0 Å². The number of rotatable bonds is 5. The molecule has 3 amide bonds. The van der Waals surface area contributed by atoms with Crippen LogP contribution in [0, 0.1) is 12.8 Å². The van der Waals surface area contributed by atoms with Crippen LogP contribution in [-0.2, 0) is 9.59 Å². The lowest BCUT2D eigenvalue weighted by atomic mass is 10.1. The minimum absolute atomic E-state index is 0.0665. The Morgan fingerprint density at radius 1 is 1.00 bits per heavy atom. The predicted octanol–water partition coefficient (Wildman–Crippen LogP) is 3.63. The fourth-order valence-electron chi connectivity index (χ4n) is 3.48. The van der Waals surface area contributed by atoms with Crippen molar-refractivity contribution in [3.63, 3.8) is 0 Å². The minimum atomic E-state index is -0.428. The van der Waals surface area contributed by atoms with E-state index >= 15 is 0 Å². The maximum atomic E-state index is 12.7. The van der Waals surface area contributed by atoms with Crippen LogP contribution < -0.4 is 15.5 Å². The number of benzene rings is 2. The van der Waals surface area contributed by atoms with E-state index in [4.69, 9.17) is 0 Å². The maximum absolute atomic E-state index is 12.7. The standard InChI is InChI=1S/C24H22N4O3/c1-16-11-12-25-21(13-16)27-23(30)17-7-9-19(10-8-17)26-24(31)18-14-22(29)28(15-18)20-5-3-2-4-6-20/h2-13,18H,14-15H2,1H3,(H,26,31)(H,25,27,30). The van der Waals surface area contributed by atoms with Gasteiger partial charge in [0.2, 0.25) is 11.8 Å². The van der Waals surface area contributed by atoms with Gasteiger partial charge in [-0.15, -0.1) is 0 Å². The summed E-state index contributed by atoms with van der Waals surface area (Å²) >= 11 is 0. The summed E-state index contributed by atoms with van der Waals surface area (Å²) in [4.78, 5) is 43.1. The summed E-state index contributed by atoms with van der Waals surface area (Å²) < 4.78 is 0. The van der Waals surface area contributed by atoms with E-state index in [2.05, 4.69) is 15.6 Å². The van der Waals surface area contributed by atoms with E-state index in [1.165, 1.54) is 0 Å². The van der Waals surface area contributed by atoms with Gasteiger partial charge in [-0.25, -0.2) is 4.98 Å². The van der Waals surface area contributed by atoms with Crippen molar-refractivity contribution in [1.82, 2.24) is 4.98 Å². The maximum Gasteiger partial charge on any atom is 0.256 e. The molecule has 2 N–H and O–H groups in total. The van der Waals surface area contributed by atoms with Gasteiger partial charge in [0.05, 0.1) is 5.92 Å². The van der Waals surface area contributed by atoms with Gasteiger partial charge in [-0.05, 0) is 61.0 Å². The zero-order valence-corrected chi connectivity index (χ0v) is 17.0. The van der Waals surface area contributed by atoms with Gasteiger partial charge >= 0.3 is 0 Å². The molecule has 156 valence electrons. The molecule has 4 rings (SSSR count). The van der Waals surface area contributed by atoms with Crippen molar-refractivity contribution in [2.24, 2.45) is 5.92 Å². The molecule has 7 nitrogen and oxygen atoms in total. The number of anilines is 3. The van der Waals surface area contributed by atoms with E-state index in [-0.39, 0.29) is 24.1 Å².